The molecule has 13 heteroatoms. The number of hydrogen-bond donors (Lipinski definition) is 2. The summed E-state index contributed by atoms with van der Waals surface area (Å²) in [5.74, 6) is -1.74. The minimum atomic E-state index is -4.91. The minimum absolute atomic E-state index is 0.0843. The molecule has 4 aliphatic rings. The van der Waals surface area contributed by atoms with Gasteiger partial charge in [0.05, 0.1) is 0 Å². The Morgan fingerprint density at radius 3 is 2.50 bits per heavy atom. The maximum atomic E-state index is 13.4. The van der Waals surface area contributed by atoms with Crippen LogP contribution in [0.15, 0.2) is 23.2 Å². The van der Waals surface area contributed by atoms with E-state index in [2.05, 4.69) is 15.0 Å². The number of carbonyl (C=O) groups is 1. The minimum Gasteiger partial charge on any atom is -0.490 e. The number of nitrogens with zero attached hydrogens (tertiary/aromatic N) is 1. The van der Waals surface area contributed by atoms with Crippen molar-refractivity contribution in [3.8, 4) is 11.5 Å². The zero-order valence-corrected chi connectivity index (χ0v) is 17.6. The van der Waals surface area contributed by atoms with Crippen molar-refractivity contribution in [1.29, 1.82) is 0 Å². The number of amidine groups is 1. The molecule has 2 aliphatic heterocycles. The number of alkyl halides is 6. The van der Waals surface area contributed by atoms with Crippen molar-refractivity contribution >= 4 is 11.9 Å². The highest BCUT2D eigenvalue weighted by atomic mass is 19.4. The van der Waals surface area contributed by atoms with Crippen LogP contribution in [0, 0.1) is 11.3 Å². The molecule has 0 saturated heterocycles. The molecular weight excluding hydrogens is 472 g/mol. The zero-order chi connectivity index (χ0) is 24.5. The fourth-order valence-corrected chi connectivity index (χ4v) is 5.29. The van der Waals surface area contributed by atoms with Crippen LogP contribution in [0.4, 0.5) is 26.3 Å². The van der Waals surface area contributed by atoms with Crippen LogP contribution in [0.5, 0.6) is 11.5 Å². The van der Waals surface area contributed by atoms with Gasteiger partial charge in [-0.15, -0.1) is 13.2 Å². The van der Waals surface area contributed by atoms with Crippen LogP contribution < -0.4 is 20.5 Å². The number of fused-ring (bicyclic) bond motifs is 4. The largest absolute Gasteiger partial charge is 0.573 e. The molecule has 4 atom stereocenters. The Hall–Kier alpha value is -2.86. The molecule has 0 radical (unpaired) electrons. The molecule has 0 unspecified atom stereocenters. The SMILES string of the molecule is NC1=N[C@]2(CO1)c1cc(OC(F)(F)F)ccc1O[C@H]1CC[C@@H](NC(=O)C3(C(F)(F)F)CC3)C[C@@H]12. The molecule has 0 bridgehead atoms. The molecule has 7 nitrogen and oxygen atoms in total. The van der Waals surface area contributed by atoms with Crippen LogP contribution in [-0.2, 0) is 15.1 Å². The number of ether oxygens (including phenoxy) is 3. The topological polar surface area (TPSA) is 95.2 Å². The summed E-state index contributed by atoms with van der Waals surface area (Å²) < 4.78 is 93.9. The summed E-state index contributed by atoms with van der Waals surface area (Å²) in [4.78, 5) is 16.9. The van der Waals surface area contributed by atoms with Gasteiger partial charge in [-0.05, 0) is 50.3 Å². The molecule has 2 heterocycles. The highest BCUT2D eigenvalue weighted by Crippen LogP contribution is 2.58. The van der Waals surface area contributed by atoms with Crippen LogP contribution in [0.25, 0.3) is 0 Å². The second kappa shape index (κ2) is 7.32. The smallest absolute Gasteiger partial charge is 0.490 e. The van der Waals surface area contributed by atoms with Crippen molar-refractivity contribution in [2.75, 3.05) is 6.61 Å². The van der Waals surface area contributed by atoms with Crippen molar-refractivity contribution in [1.82, 2.24) is 5.32 Å². The average Bonchev–Trinajstić information content (AvgIpc) is 3.47. The number of nitrogens with two attached hydrogens (primary N) is 1. The number of halogens is 6. The molecule has 2 saturated carbocycles. The van der Waals surface area contributed by atoms with E-state index in [-0.39, 0.29) is 37.5 Å². The Balaban J connectivity index is 1.44. The number of amides is 1. The van der Waals surface area contributed by atoms with Crippen LogP contribution in [0.1, 0.15) is 37.7 Å². The predicted octanol–water partition coefficient (Wildman–Crippen LogP) is 3.51. The molecule has 2 aliphatic carbocycles. The first-order chi connectivity index (χ1) is 15.8. The van der Waals surface area contributed by atoms with Gasteiger partial charge in [0, 0.05) is 17.5 Å². The molecule has 1 amide bonds. The van der Waals surface area contributed by atoms with Crippen molar-refractivity contribution in [2.24, 2.45) is 22.1 Å². The van der Waals surface area contributed by atoms with E-state index < -0.39 is 53.2 Å². The second-order valence-corrected chi connectivity index (χ2v) is 9.19. The van der Waals surface area contributed by atoms with Gasteiger partial charge >= 0.3 is 12.5 Å². The second-order valence-electron chi connectivity index (χ2n) is 9.19. The lowest BCUT2D eigenvalue weighted by Crippen LogP contribution is -2.55. The van der Waals surface area contributed by atoms with Gasteiger partial charge in [-0.2, -0.15) is 13.2 Å². The normalized spacial score (nSPS) is 31.5. The van der Waals surface area contributed by atoms with Gasteiger partial charge in [0.1, 0.15) is 35.2 Å². The summed E-state index contributed by atoms with van der Waals surface area (Å²) in [5.41, 5.74) is 2.47. The Morgan fingerprint density at radius 1 is 1.18 bits per heavy atom. The molecule has 3 N–H and O–H groups in total. The Morgan fingerprint density at radius 2 is 1.91 bits per heavy atom. The van der Waals surface area contributed by atoms with Gasteiger partial charge in [0.2, 0.25) is 5.91 Å². The third kappa shape index (κ3) is 3.68. The highest BCUT2D eigenvalue weighted by molar-refractivity contribution is 5.86. The van der Waals surface area contributed by atoms with E-state index in [0.29, 0.717) is 18.6 Å². The van der Waals surface area contributed by atoms with Crippen molar-refractivity contribution in [2.45, 2.75) is 62.3 Å². The molecule has 2 fully saturated rings. The van der Waals surface area contributed by atoms with Crippen molar-refractivity contribution < 1.29 is 45.3 Å². The fraction of sp³-hybridized carbons (Fsp3) is 0.619. The molecule has 34 heavy (non-hydrogen) atoms. The van der Waals surface area contributed by atoms with Crippen LogP contribution in [0.3, 0.4) is 0 Å². The Bertz CT molecular complexity index is 1040. The van der Waals surface area contributed by atoms with E-state index in [4.69, 9.17) is 15.2 Å². The molecule has 1 aromatic rings. The summed E-state index contributed by atoms with van der Waals surface area (Å²) >= 11 is 0. The van der Waals surface area contributed by atoms with E-state index in [1.807, 2.05) is 0 Å². The quantitative estimate of drug-likeness (QED) is 0.629. The summed E-state index contributed by atoms with van der Waals surface area (Å²) in [6.45, 7) is -0.0843. The molecule has 1 spiro atoms. The van der Waals surface area contributed by atoms with Crippen molar-refractivity contribution in [3.05, 3.63) is 23.8 Å². The number of hydrogen-bond acceptors (Lipinski definition) is 6. The van der Waals surface area contributed by atoms with Crippen LogP contribution in [-0.4, -0.2) is 43.2 Å². The molecule has 5 rings (SSSR count). The molecular formula is C21H21F6N3O4. The third-order valence-electron chi connectivity index (χ3n) is 7.14. The number of aliphatic imine (C=N–C) groups is 1. The maximum Gasteiger partial charge on any atom is 0.573 e. The summed E-state index contributed by atoms with van der Waals surface area (Å²) in [7, 11) is 0. The number of rotatable bonds is 3. The average molecular weight is 493 g/mol. The third-order valence-corrected chi connectivity index (χ3v) is 7.14. The Labute approximate surface area is 189 Å². The highest BCUT2D eigenvalue weighted by Gasteiger charge is 2.68. The predicted molar refractivity (Wildman–Crippen MR) is 104 cm³/mol. The van der Waals surface area contributed by atoms with Crippen LogP contribution in [0.2, 0.25) is 0 Å². The number of carbonyl (C=O) groups excluding carboxylic acids is 1. The van der Waals surface area contributed by atoms with E-state index in [9.17, 15) is 31.1 Å². The summed E-state index contributed by atoms with van der Waals surface area (Å²) in [5, 5.41) is 2.54. The summed E-state index contributed by atoms with van der Waals surface area (Å²) in [6.07, 6.45) is -9.52. The van der Waals surface area contributed by atoms with E-state index in [1.54, 1.807) is 0 Å². The first kappa shape index (κ1) is 22.9. The first-order valence-electron chi connectivity index (χ1n) is 10.8. The van der Waals surface area contributed by atoms with E-state index in [1.165, 1.54) is 6.07 Å². The van der Waals surface area contributed by atoms with Gasteiger partial charge in [-0.1, -0.05) is 0 Å². The number of benzene rings is 1. The molecule has 1 aromatic carbocycles. The molecule has 186 valence electrons. The lowest BCUT2D eigenvalue weighted by molar-refractivity contribution is -0.274. The number of nitrogens with one attached hydrogen (secondary N) is 1. The van der Waals surface area contributed by atoms with Gasteiger partial charge in [-0.25, -0.2) is 4.99 Å². The van der Waals surface area contributed by atoms with E-state index in [0.717, 1.165) is 12.1 Å². The molecule has 0 aromatic heterocycles. The van der Waals surface area contributed by atoms with Crippen LogP contribution >= 0.6 is 0 Å². The van der Waals surface area contributed by atoms with E-state index >= 15 is 0 Å². The fourth-order valence-electron chi connectivity index (χ4n) is 5.29. The van der Waals surface area contributed by atoms with Gasteiger partial charge < -0.3 is 25.3 Å². The summed E-state index contributed by atoms with van der Waals surface area (Å²) in [6, 6.07) is 2.89. The lowest BCUT2D eigenvalue weighted by atomic mass is 9.67. The van der Waals surface area contributed by atoms with Gasteiger partial charge in [0.25, 0.3) is 6.02 Å². The monoisotopic (exact) mass is 493 g/mol. The first-order valence-corrected chi connectivity index (χ1v) is 10.8. The lowest BCUT2D eigenvalue weighted by Gasteiger charge is -2.48. The van der Waals surface area contributed by atoms with Crippen molar-refractivity contribution in [3.63, 3.8) is 0 Å². The zero-order valence-electron chi connectivity index (χ0n) is 17.6. The van der Waals surface area contributed by atoms with Gasteiger partial charge in [-0.3, -0.25) is 4.79 Å². The maximum absolute atomic E-state index is 13.4. The van der Waals surface area contributed by atoms with Gasteiger partial charge in [0.15, 0.2) is 0 Å². The standard InChI is InChI=1S/C21H21F6N3O4/c22-20(23,24)18(5-6-18)16(31)29-10-1-3-14-12(7-10)19(9-32-17(28)30-19)13-8-11(34-21(25,26)27)2-4-15(13)33-14/h2,4,8,10,12,14H,1,3,5-7,9H2,(H2,28,30)(H,29,31)/t10-,12+,14+,19+/m1/s1. The Kier molecular flexibility index (Phi) is 4.93.